The fourth-order valence-corrected chi connectivity index (χ4v) is 2.26. The number of pyridine rings is 1. The van der Waals surface area contributed by atoms with Crippen molar-refractivity contribution in [1.29, 1.82) is 0 Å². The van der Waals surface area contributed by atoms with E-state index in [9.17, 15) is 0 Å². The maximum absolute atomic E-state index is 4.63. The van der Waals surface area contributed by atoms with Crippen LogP contribution in [0, 0.1) is 13.8 Å². The molecule has 0 unspecified atom stereocenters. The van der Waals surface area contributed by atoms with E-state index in [1.54, 1.807) is 0 Å². The van der Waals surface area contributed by atoms with Crippen LogP contribution >= 0.6 is 0 Å². The van der Waals surface area contributed by atoms with E-state index < -0.39 is 0 Å². The molecule has 70 valence electrons. The molecule has 0 N–H and O–H groups in total. The number of hydrogen-bond donors (Lipinski definition) is 0. The Morgan fingerprint density at radius 3 is 2.69 bits per heavy atom. The van der Waals surface area contributed by atoms with Crippen molar-refractivity contribution >= 4 is 0 Å². The minimum atomic E-state index is 1.18. The summed E-state index contributed by atoms with van der Waals surface area (Å²) in [4.78, 5) is 4.63. The first-order chi connectivity index (χ1) is 6.27. The molecule has 1 heteroatoms. The summed E-state index contributed by atoms with van der Waals surface area (Å²) in [6, 6.07) is 2.21. The van der Waals surface area contributed by atoms with Crippen molar-refractivity contribution in [3.05, 3.63) is 28.6 Å². The molecular weight excluding hydrogens is 158 g/mol. The largest absolute Gasteiger partial charge is 0.258 e. The third-order valence-corrected chi connectivity index (χ3v) is 2.90. The van der Waals surface area contributed by atoms with E-state index in [2.05, 4.69) is 24.9 Å². The fraction of sp³-hybridized carbons (Fsp3) is 0.583. The molecule has 1 aromatic rings. The fourth-order valence-electron chi connectivity index (χ4n) is 2.26. The Labute approximate surface area is 80.2 Å². The highest BCUT2D eigenvalue weighted by Crippen LogP contribution is 2.22. The van der Waals surface area contributed by atoms with E-state index in [-0.39, 0.29) is 0 Å². The van der Waals surface area contributed by atoms with Crippen LogP contribution in [0.3, 0.4) is 0 Å². The van der Waals surface area contributed by atoms with Gasteiger partial charge in [-0.3, -0.25) is 4.98 Å². The second kappa shape index (κ2) is 3.49. The van der Waals surface area contributed by atoms with Crippen LogP contribution in [0.25, 0.3) is 0 Å². The van der Waals surface area contributed by atoms with Gasteiger partial charge in [-0.1, -0.05) is 6.42 Å². The minimum Gasteiger partial charge on any atom is -0.258 e. The summed E-state index contributed by atoms with van der Waals surface area (Å²) in [5.74, 6) is 0. The highest BCUT2D eigenvalue weighted by molar-refractivity contribution is 5.32. The smallest absolute Gasteiger partial charge is 0.0441 e. The van der Waals surface area contributed by atoms with Gasteiger partial charge in [-0.05, 0) is 56.7 Å². The zero-order valence-corrected chi connectivity index (χ0v) is 8.56. The van der Waals surface area contributed by atoms with Crippen LogP contribution in [0.4, 0.5) is 0 Å². The second-order valence-electron chi connectivity index (χ2n) is 4.07. The highest BCUT2D eigenvalue weighted by atomic mass is 14.7. The summed E-state index contributed by atoms with van der Waals surface area (Å²) in [6.07, 6.45) is 6.47. The molecular formula is C12H17N. The Hall–Kier alpha value is -0.850. The van der Waals surface area contributed by atoms with Gasteiger partial charge in [-0.15, -0.1) is 0 Å². The lowest BCUT2D eigenvalue weighted by atomic mass is 10.0. The van der Waals surface area contributed by atoms with Crippen molar-refractivity contribution < 1.29 is 0 Å². The van der Waals surface area contributed by atoms with Crippen LogP contribution in [-0.2, 0) is 12.8 Å². The molecule has 0 radical (unpaired) electrons. The summed E-state index contributed by atoms with van der Waals surface area (Å²) < 4.78 is 0. The van der Waals surface area contributed by atoms with Crippen molar-refractivity contribution in [3.63, 3.8) is 0 Å². The molecule has 1 aliphatic carbocycles. The summed E-state index contributed by atoms with van der Waals surface area (Å²) >= 11 is 0. The number of aromatic nitrogens is 1. The lowest BCUT2D eigenvalue weighted by Crippen LogP contribution is -2.00. The SMILES string of the molecule is Cc1cc(C)c2c(n1)CCCCC2. The van der Waals surface area contributed by atoms with Crippen LogP contribution in [-0.4, -0.2) is 4.98 Å². The topological polar surface area (TPSA) is 12.9 Å². The summed E-state index contributed by atoms with van der Waals surface area (Å²) in [6.45, 7) is 4.32. The molecule has 0 saturated heterocycles. The average Bonchev–Trinajstić information content (AvgIpc) is 2.28. The van der Waals surface area contributed by atoms with Gasteiger partial charge in [-0.25, -0.2) is 0 Å². The molecule has 1 nitrogen and oxygen atoms in total. The molecule has 0 aromatic carbocycles. The molecule has 0 fully saturated rings. The van der Waals surface area contributed by atoms with Crippen molar-refractivity contribution in [1.82, 2.24) is 4.98 Å². The van der Waals surface area contributed by atoms with Crippen molar-refractivity contribution in [2.24, 2.45) is 0 Å². The van der Waals surface area contributed by atoms with Gasteiger partial charge in [-0.2, -0.15) is 0 Å². The van der Waals surface area contributed by atoms with E-state index in [1.807, 2.05) is 0 Å². The van der Waals surface area contributed by atoms with Gasteiger partial charge >= 0.3 is 0 Å². The quantitative estimate of drug-likeness (QED) is 0.552. The number of hydrogen-bond acceptors (Lipinski definition) is 1. The lowest BCUT2D eigenvalue weighted by molar-refractivity contribution is 0.708. The summed E-state index contributed by atoms with van der Waals surface area (Å²) in [5, 5.41) is 0. The summed E-state index contributed by atoms with van der Waals surface area (Å²) in [5.41, 5.74) is 5.53. The van der Waals surface area contributed by atoms with Gasteiger partial charge in [0.25, 0.3) is 0 Å². The molecule has 1 aliphatic rings. The monoisotopic (exact) mass is 175 g/mol. The maximum Gasteiger partial charge on any atom is 0.0441 e. The second-order valence-corrected chi connectivity index (χ2v) is 4.07. The van der Waals surface area contributed by atoms with Crippen LogP contribution in [0.15, 0.2) is 6.07 Å². The van der Waals surface area contributed by atoms with Crippen molar-refractivity contribution in [3.8, 4) is 0 Å². The maximum atomic E-state index is 4.63. The first kappa shape index (κ1) is 8.74. The predicted molar refractivity (Wildman–Crippen MR) is 55.0 cm³/mol. The normalized spacial score (nSPS) is 16.5. The zero-order valence-electron chi connectivity index (χ0n) is 8.56. The third kappa shape index (κ3) is 1.74. The molecule has 0 spiro atoms. The Balaban J connectivity index is 2.47. The van der Waals surface area contributed by atoms with Crippen LogP contribution in [0.2, 0.25) is 0 Å². The van der Waals surface area contributed by atoms with Gasteiger partial charge in [0.05, 0.1) is 0 Å². The van der Waals surface area contributed by atoms with E-state index in [0.29, 0.717) is 0 Å². The van der Waals surface area contributed by atoms with E-state index in [1.165, 1.54) is 54.6 Å². The molecule has 1 aromatic heterocycles. The molecule has 0 aliphatic heterocycles. The molecule has 0 bridgehead atoms. The van der Waals surface area contributed by atoms with Crippen molar-refractivity contribution in [2.45, 2.75) is 46.0 Å². The first-order valence-corrected chi connectivity index (χ1v) is 5.23. The Bertz CT molecular complexity index is 315. The van der Waals surface area contributed by atoms with Crippen LogP contribution in [0.1, 0.15) is 41.8 Å². The number of aryl methyl sites for hydroxylation is 3. The molecule has 13 heavy (non-hydrogen) atoms. The molecule has 0 atom stereocenters. The highest BCUT2D eigenvalue weighted by Gasteiger charge is 2.11. The average molecular weight is 175 g/mol. The van der Waals surface area contributed by atoms with Crippen LogP contribution in [0.5, 0.6) is 0 Å². The van der Waals surface area contributed by atoms with Gasteiger partial charge in [0.2, 0.25) is 0 Å². The molecule has 0 amide bonds. The standard InChI is InChI=1S/C12H17N/c1-9-8-10(2)13-12-7-5-3-4-6-11(9)12/h8H,3-7H2,1-2H3. The summed E-state index contributed by atoms with van der Waals surface area (Å²) in [7, 11) is 0. The zero-order chi connectivity index (χ0) is 9.26. The number of fused-ring (bicyclic) bond motifs is 1. The van der Waals surface area contributed by atoms with E-state index in [4.69, 9.17) is 0 Å². The molecule has 0 saturated carbocycles. The van der Waals surface area contributed by atoms with Gasteiger partial charge in [0, 0.05) is 11.4 Å². The number of nitrogens with zero attached hydrogens (tertiary/aromatic N) is 1. The Morgan fingerprint density at radius 2 is 1.85 bits per heavy atom. The molecule has 1 heterocycles. The predicted octanol–water partition coefficient (Wildman–Crippen LogP) is 2.97. The first-order valence-electron chi connectivity index (χ1n) is 5.23. The lowest BCUT2D eigenvalue weighted by Gasteiger charge is -2.09. The Kier molecular flexibility index (Phi) is 2.34. The Morgan fingerprint density at radius 1 is 1.08 bits per heavy atom. The van der Waals surface area contributed by atoms with Gasteiger partial charge in [0.15, 0.2) is 0 Å². The van der Waals surface area contributed by atoms with E-state index in [0.717, 1.165) is 0 Å². The third-order valence-electron chi connectivity index (χ3n) is 2.90. The molecule has 2 rings (SSSR count). The van der Waals surface area contributed by atoms with E-state index >= 15 is 0 Å². The van der Waals surface area contributed by atoms with Gasteiger partial charge in [0.1, 0.15) is 0 Å². The van der Waals surface area contributed by atoms with Crippen molar-refractivity contribution in [2.75, 3.05) is 0 Å². The minimum absolute atomic E-state index is 1.18. The van der Waals surface area contributed by atoms with Gasteiger partial charge < -0.3 is 0 Å². The number of rotatable bonds is 0. The van der Waals surface area contributed by atoms with Crippen LogP contribution < -0.4 is 0 Å².